The highest BCUT2D eigenvalue weighted by molar-refractivity contribution is 5.70. The Bertz CT molecular complexity index is 403. The Morgan fingerprint density at radius 2 is 2.05 bits per heavy atom. The van der Waals surface area contributed by atoms with Crippen molar-refractivity contribution in [2.75, 3.05) is 43.6 Å². The van der Waals surface area contributed by atoms with Gasteiger partial charge in [-0.15, -0.1) is 0 Å². The molecule has 0 spiro atoms. The number of rotatable bonds is 6. The summed E-state index contributed by atoms with van der Waals surface area (Å²) in [5.41, 5.74) is 2.42. The van der Waals surface area contributed by atoms with E-state index in [0.29, 0.717) is 19.1 Å². The minimum Gasteiger partial charge on any atom is -0.396 e. The van der Waals surface area contributed by atoms with E-state index >= 15 is 0 Å². The first-order valence-electron chi connectivity index (χ1n) is 7.45. The molecule has 1 unspecified atom stereocenters. The van der Waals surface area contributed by atoms with Gasteiger partial charge in [0, 0.05) is 32.8 Å². The summed E-state index contributed by atoms with van der Waals surface area (Å²) < 4.78 is 5.19. The minimum atomic E-state index is 0.288. The van der Waals surface area contributed by atoms with E-state index in [1.165, 1.54) is 11.4 Å². The number of hydrogen-bond acceptors (Lipinski definition) is 4. The smallest absolute Gasteiger partial charge is 0.0661 e. The van der Waals surface area contributed by atoms with Gasteiger partial charge in [0.05, 0.1) is 18.0 Å². The number of benzene rings is 1. The second-order valence-corrected chi connectivity index (χ2v) is 5.63. The third-order valence-corrected chi connectivity index (χ3v) is 3.94. The molecule has 0 aliphatic carbocycles. The van der Waals surface area contributed by atoms with Crippen molar-refractivity contribution in [3.05, 3.63) is 24.3 Å². The van der Waals surface area contributed by atoms with Crippen LogP contribution in [0.15, 0.2) is 24.3 Å². The lowest BCUT2D eigenvalue weighted by atomic mass is 9.97. The van der Waals surface area contributed by atoms with Gasteiger partial charge in [-0.25, -0.2) is 0 Å². The van der Waals surface area contributed by atoms with Crippen molar-refractivity contribution in [1.29, 1.82) is 0 Å². The van der Waals surface area contributed by atoms with Crippen molar-refractivity contribution < 1.29 is 9.84 Å². The van der Waals surface area contributed by atoms with Crippen LogP contribution in [0.4, 0.5) is 11.4 Å². The maximum absolute atomic E-state index is 9.24. The topological polar surface area (TPSA) is 44.7 Å². The first-order valence-corrected chi connectivity index (χ1v) is 7.45. The lowest BCUT2D eigenvalue weighted by Crippen LogP contribution is -2.35. The van der Waals surface area contributed by atoms with Crippen LogP contribution in [0.5, 0.6) is 0 Å². The Kier molecular flexibility index (Phi) is 5.68. The summed E-state index contributed by atoms with van der Waals surface area (Å²) in [5.74, 6) is 0.471. The Balaban J connectivity index is 2.04. The standard InChI is InChI=1S/C16H26N2O2/c1-13(12-20-2)17-15-5-3-4-6-16(15)18-9-7-14(11-19)8-10-18/h3-6,13-14,17,19H,7-12H2,1-2H3. The van der Waals surface area contributed by atoms with E-state index < -0.39 is 0 Å². The van der Waals surface area contributed by atoms with Crippen molar-refractivity contribution in [1.82, 2.24) is 0 Å². The van der Waals surface area contributed by atoms with Crippen LogP contribution in [0.1, 0.15) is 19.8 Å². The third kappa shape index (κ3) is 3.87. The number of aliphatic hydroxyl groups is 1. The summed E-state index contributed by atoms with van der Waals surface area (Å²) in [5, 5.41) is 12.8. The second kappa shape index (κ2) is 7.50. The van der Waals surface area contributed by atoms with E-state index in [0.717, 1.165) is 25.9 Å². The highest BCUT2D eigenvalue weighted by atomic mass is 16.5. The maximum Gasteiger partial charge on any atom is 0.0661 e. The number of para-hydroxylation sites is 2. The molecule has 1 atom stereocenters. The molecule has 1 heterocycles. The molecule has 4 nitrogen and oxygen atoms in total. The summed E-state index contributed by atoms with van der Waals surface area (Å²) >= 11 is 0. The monoisotopic (exact) mass is 278 g/mol. The zero-order valence-electron chi connectivity index (χ0n) is 12.5. The van der Waals surface area contributed by atoms with Gasteiger partial charge in [0.1, 0.15) is 0 Å². The van der Waals surface area contributed by atoms with Gasteiger partial charge in [0.15, 0.2) is 0 Å². The normalized spacial score (nSPS) is 18.1. The molecule has 0 amide bonds. The predicted octanol–water partition coefficient (Wildman–Crippen LogP) is 2.34. The van der Waals surface area contributed by atoms with E-state index in [9.17, 15) is 5.11 Å². The largest absolute Gasteiger partial charge is 0.396 e. The van der Waals surface area contributed by atoms with Crippen LogP contribution in [0.3, 0.4) is 0 Å². The van der Waals surface area contributed by atoms with Crippen molar-refractivity contribution in [2.24, 2.45) is 5.92 Å². The molecule has 0 saturated carbocycles. The van der Waals surface area contributed by atoms with Gasteiger partial charge in [0.2, 0.25) is 0 Å². The lowest BCUT2D eigenvalue weighted by Gasteiger charge is -2.34. The predicted molar refractivity (Wildman–Crippen MR) is 83.4 cm³/mol. The molecule has 1 fully saturated rings. The minimum absolute atomic E-state index is 0.288. The van der Waals surface area contributed by atoms with Gasteiger partial charge in [-0.1, -0.05) is 12.1 Å². The average Bonchev–Trinajstić information content (AvgIpc) is 2.48. The molecule has 0 bridgehead atoms. The molecule has 1 aromatic rings. The van der Waals surface area contributed by atoms with E-state index in [2.05, 4.69) is 41.4 Å². The number of anilines is 2. The van der Waals surface area contributed by atoms with E-state index in [1.807, 2.05) is 0 Å². The molecule has 20 heavy (non-hydrogen) atoms. The average molecular weight is 278 g/mol. The molecule has 2 rings (SSSR count). The molecular formula is C16H26N2O2. The molecule has 0 aromatic heterocycles. The first-order chi connectivity index (χ1) is 9.74. The number of hydrogen-bond donors (Lipinski definition) is 2. The zero-order valence-corrected chi connectivity index (χ0v) is 12.5. The maximum atomic E-state index is 9.24. The SMILES string of the molecule is COCC(C)Nc1ccccc1N1CCC(CO)CC1. The highest BCUT2D eigenvalue weighted by Gasteiger charge is 2.20. The van der Waals surface area contributed by atoms with Crippen LogP contribution in [-0.2, 0) is 4.74 Å². The van der Waals surface area contributed by atoms with E-state index in [4.69, 9.17) is 4.74 Å². The van der Waals surface area contributed by atoms with Gasteiger partial charge >= 0.3 is 0 Å². The van der Waals surface area contributed by atoms with Crippen LogP contribution in [0.2, 0.25) is 0 Å². The molecule has 0 radical (unpaired) electrons. The van der Waals surface area contributed by atoms with E-state index in [1.54, 1.807) is 7.11 Å². The molecule has 4 heteroatoms. The zero-order chi connectivity index (χ0) is 14.4. The van der Waals surface area contributed by atoms with Gasteiger partial charge in [-0.2, -0.15) is 0 Å². The molecule has 1 saturated heterocycles. The Morgan fingerprint density at radius 3 is 2.70 bits per heavy atom. The molecule has 2 N–H and O–H groups in total. The van der Waals surface area contributed by atoms with E-state index in [-0.39, 0.29) is 6.04 Å². The summed E-state index contributed by atoms with van der Waals surface area (Å²) in [6, 6.07) is 8.72. The lowest BCUT2D eigenvalue weighted by molar-refractivity contribution is 0.190. The summed E-state index contributed by atoms with van der Waals surface area (Å²) in [6.07, 6.45) is 2.14. The number of piperidine rings is 1. The molecule has 112 valence electrons. The quantitative estimate of drug-likeness (QED) is 0.838. The molecule has 1 aliphatic rings. The number of ether oxygens (including phenoxy) is 1. The number of methoxy groups -OCH3 is 1. The fourth-order valence-corrected chi connectivity index (χ4v) is 2.79. The third-order valence-electron chi connectivity index (χ3n) is 3.94. The second-order valence-electron chi connectivity index (χ2n) is 5.63. The number of nitrogens with one attached hydrogen (secondary N) is 1. The highest BCUT2D eigenvalue weighted by Crippen LogP contribution is 2.30. The number of nitrogens with zero attached hydrogens (tertiary/aromatic N) is 1. The van der Waals surface area contributed by atoms with Crippen LogP contribution in [0.25, 0.3) is 0 Å². The van der Waals surface area contributed by atoms with Gasteiger partial charge in [-0.05, 0) is 37.8 Å². The van der Waals surface area contributed by atoms with Crippen LogP contribution in [-0.4, -0.2) is 44.6 Å². The fraction of sp³-hybridized carbons (Fsp3) is 0.625. The van der Waals surface area contributed by atoms with Crippen LogP contribution < -0.4 is 10.2 Å². The van der Waals surface area contributed by atoms with Crippen LogP contribution in [0, 0.1) is 5.92 Å². The Hall–Kier alpha value is -1.26. The summed E-state index contributed by atoms with van der Waals surface area (Å²) in [4.78, 5) is 2.41. The first kappa shape index (κ1) is 15.1. The van der Waals surface area contributed by atoms with Crippen LogP contribution >= 0.6 is 0 Å². The Labute approximate surface area is 121 Å². The van der Waals surface area contributed by atoms with Gasteiger partial charge in [0.25, 0.3) is 0 Å². The van der Waals surface area contributed by atoms with Gasteiger partial charge < -0.3 is 20.1 Å². The molecule has 1 aromatic carbocycles. The molecular weight excluding hydrogens is 252 g/mol. The van der Waals surface area contributed by atoms with Crippen molar-refractivity contribution >= 4 is 11.4 Å². The van der Waals surface area contributed by atoms with Crippen molar-refractivity contribution in [3.8, 4) is 0 Å². The Morgan fingerprint density at radius 1 is 1.35 bits per heavy atom. The van der Waals surface area contributed by atoms with Crippen molar-refractivity contribution in [3.63, 3.8) is 0 Å². The van der Waals surface area contributed by atoms with Crippen molar-refractivity contribution in [2.45, 2.75) is 25.8 Å². The molecule has 1 aliphatic heterocycles. The number of aliphatic hydroxyl groups excluding tert-OH is 1. The fourth-order valence-electron chi connectivity index (χ4n) is 2.79. The van der Waals surface area contributed by atoms with Gasteiger partial charge in [-0.3, -0.25) is 0 Å². The summed E-state index contributed by atoms with van der Waals surface area (Å²) in [7, 11) is 1.73. The summed E-state index contributed by atoms with van der Waals surface area (Å²) in [6.45, 7) is 5.17.